The van der Waals surface area contributed by atoms with Gasteiger partial charge >= 0.3 is 12.1 Å². The molecule has 1 aliphatic carbocycles. The quantitative estimate of drug-likeness (QED) is 0.652. The van der Waals surface area contributed by atoms with Gasteiger partial charge in [0.1, 0.15) is 12.6 Å². The van der Waals surface area contributed by atoms with Gasteiger partial charge in [0.05, 0.1) is 6.54 Å². The van der Waals surface area contributed by atoms with Crippen LogP contribution >= 0.6 is 0 Å². The molecule has 34 heavy (non-hydrogen) atoms. The molecular formula is C26H31N3O5. The Kier molecular flexibility index (Phi) is 7.47. The zero-order chi connectivity index (χ0) is 24.1. The van der Waals surface area contributed by atoms with Gasteiger partial charge in [-0.05, 0) is 35.1 Å². The zero-order valence-electron chi connectivity index (χ0n) is 19.4. The molecule has 2 aliphatic rings. The molecule has 2 aromatic carbocycles. The number of carboxylic acid groups (broad SMARTS) is 1. The Morgan fingerprint density at radius 3 is 2.26 bits per heavy atom. The van der Waals surface area contributed by atoms with Gasteiger partial charge in [-0.25, -0.2) is 4.79 Å². The van der Waals surface area contributed by atoms with Crippen LogP contribution in [0, 0.1) is 0 Å². The SMILES string of the molecule is CC[C@@H](NC(=O)OCC1c2ccccc2-c2ccccc21)C(=O)N1CCCN(CC(=O)O)CC1. The number of hydrogen-bond donors (Lipinski definition) is 2. The highest BCUT2D eigenvalue weighted by molar-refractivity contribution is 5.86. The number of carbonyl (C=O) groups excluding carboxylic acids is 2. The Morgan fingerprint density at radius 2 is 1.65 bits per heavy atom. The van der Waals surface area contributed by atoms with Crippen LogP contribution in [0.3, 0.4) is 0 Å². The molecule has 1 aliphatic heterocycles. The van der Waals surface area contributed by atoms with E-state index in [-0.39, 0.29) is 25.0 Å². The van der Waals surface area contributed by atoms with E-state index in [0.717, 1.165) is 22.3 Å². The predicted molar refractivity (Wildman–Crippen MR) is 128 cm³/mol. The van der Waals surface area contributed by atoms with Gasteiger partial charge in [0, 0.05) is 32.1 Å². The van der Waals surface area contributed by atoms with Crippen LogP contribution < -0.4 is 5.32 Å². The van der Waals surface area contributed by atoms with E-state index in [4.69, 9.17) is 9.84 Å². The molecule has 0 unspecified atom stereocenters. The van der Waals surface area contributed by atoms with Crippen molar-refractivity contribution in [1.82, 2.24) is 15.1 Å². The summed E-state index contributed by atoms with van der Waals surface area (Å²) >= 11 is 0. The summed E-state index contributed by atoms with van der Waals surface area (Å²) in [6, 6.07) is 15.6. The van der Waals surface area contributed by atoms with Crippen molar-refractivity contribution in [2.24, 2.45) is 0 Å². The predicted octanol–water partition coefficient (Wildman–Crippen LogP) is 2.92. The van der Waals surface area contributed by atoms with Crippen LogP contribution in [0.2, 0.25) is 0 Å². The normalized spacial score (nSPS) is 16.8. The highest BCUT2D eigenvalue weighted by atomic mass is 16.5. The van der Waals surface area contributed by atoms with E-state index in [1.54, 1.807) is 4.90 Å². The molecule has 8 heteroatoms. The molecule has 2 aromatic rings. The van der Waals surface area contributed by atoms with Gasteiger partial charge < -0.3 is 20.1 Å². The molecule has 1 saturated heterocycles. The number of ether oxygens (including phenoxy) is 1. The summed E-state index contributed by atoms with van der Waals surface area (Å²) in [4.78, 5) is 40.2. The van der Waals surface area contributed by atoms with Crippen molar-refractivity contribution in [1.29, 1.82) is 0 Å². The third-order valence-corrected chi connectivity index (χ3v) is 6.60. The molecule has 8 nitrogen and oxygen atoms in total. The van der Waals surface area contributed by atoms with Crippen molar-refractivity contribution in [3.05, 3.63) is 59.7 Å². The largest absolute Gasteiger partial charge is 0.480 e. The van der Waals surface area contributed by atoms with E-state index in [2.05, 4.69) is 29.6 Å². The zero-order valence-corrected chi connectivity index (χ0v) is 19.4. The summed E-state index contributed by atoms with van der Waals surface area (Å²) in [5.74, 6) is -1.07. The molecule has 0 radical (unpaired) electrons. The number of carboxylic acids is 1. The lowest BCUT2D eigenvalue weighted by atomic mass is 9.98. The van der Waals surface area contributed by atoms with E-state index in [1.807, 2.05) is 36.1 Å². The molecule has 0 bridgehead atoms. The minimum atomic E-state index is -0.872. The second-order valence-electron chi connectivity index (χ2n) is 8.78. The lowest BCUT2D eigenvalue weighted by Gasteiger charge is -2.26. The lowest BCUT2D eigenvalue weighted by molar-refractivity contribution is -0.138. The third-order valence-electron chi connectivity index (χ3n) is 6.60. The van der Waals surface area contributed by atoms with Crippen LogP contribution in [0.1, 0.15) is 36.8 Å². The number of rotatable bonds is 7. The molecule has 2 amide bonds. The van der Waals surface area contributed by atoms with E-state index in [9.17, 15) is 14.4 Å². The number of benzene rings is 2. The van der Waals surface area contributed by atoms with Crippen molar-refractivity contribution in [2.45, 2.75) is 31.7 Å². The number of carbonyl (C=O) groups is 3. The van der Waals surface area contributed by atoms with Crippen molar-refractivity contribution >= 4 is 18.0 Å². The maximum absolute atomic E-state index is 13.1. The van der Waals surface area contributed by atoms with Gasteiger partial charge in [-0.3, -0.25) is 14.5 Å². The third kappa shape index (κ3) is 5.22. The Balaban J connectivity index is 1.34. The Morgan fingerprint density at radius 1 is 1.00 bits per heavy atom. The molecule has 180 valence electrons. The number of aliphatic carboxylic acids is 1. The molecule has 2 N–H and O–H groups in total. The Bertz CT molecular complexity index is 1010. The van der Waals surface area contributed by atoms with E-state index in [1.165, 1.54) is 0 Å². The number of hydrogen-bond acceptors (Lipinski definition) is 5. The van der Waals surface area contributed by atoms with E-state index < -0.39 is 18.1 Å². The first-order valence-corrected chi connectivity index (χ1v) is 11.8. The van der Waals surface area contributed by atoms with Gasteiger partial charge in [-0.1, -0.05) is 55.5 Å². The molecule has 1 fully saturated rings. The minimum absolute atomic E-state index is 0.0305. The summed E-state index contributed by atoms with van der Waals surface area (Å²) in [6.07, 6.45) is 0.531. The number of nitrogens with zero attached hydrogens (tertiary/aromatic N) is 2. The monoisotopic (exact) mass is 465 g/mol. The Labute approximate surface area is 199 Å². The van der Waals surface area contributed by atoms with Crippen LogP contribution in [0.15, 0.2) is 48.5 Å². The summed E-state index contributed by atoms with van der Waals surface area (Å²) in [5.41, 5.74) is 4.59. The molecule has 1 heterocycles. The first-order chi connectivity index (χ1) is 16.5. The molecule has 0 saturated carbocycles. The first kappa shape index (κ1) is 23.8. The molecule has 1 atom stereocenters. The average molecular weight is 466 g/mol. The number of amides is 2. The standard InChI is InChI=1S/C26H31N3O5/c1-2-23(25(32)29-13-7-12-28(14-15-29)16-24(30)31)27-26(33)34-17-22-20-10-5-3-8-18(20)19-9-4-6-11-21(19)22/h3-6,8-11,22-23H,2,7,12-17H2,1H3,(H,27,33)(H,30,31)/t23-/m1/s1. The summed E-state index contributed by atoms with van der Waals surface area (Å²) in [7, 11) is 0. The highest BCUT2D eigenvalue weighted by Crippen LogP contribution is 2.44. The van der Waals surface area contributed by atoms with Gasteiger partial charge in [0.25, 0.3) is 0 Å². The number of nitrogens with one attached hydrogen (secondary N) is 1. The fraction of sp³-hybridized carbons (Fsp3) is 0.423. The number of fused-ring (bicyclic) bond motifs is 3. The van der Waals surface area contributed by atoms with Crippen LogP contribution in [-0.2, 0) is 14.3 Å². The smallest absolute Gasteiger partial charge is 0.407 e. The van der Waals surface area contributed by atoms with Gasteiger partial charge in [-0.2, -0.15) is 0 Å². The Hall–Kier alpha value is -3.39. The minimum Gasteiger partial charge on any atom is -0.480 e. The fourth-order valence-electron chi connectivity index (χ4n) is 4.88. The maximum Gasteiger partial charge on any atom is 0.407 e. The molecular weight excluding hydrogens is 434 g/mol. The summed E-state index contributed by atoms with van der Waals surface area (Å²) < 4.78 is 5.60. The summed E-state index contributed by atoms with van der Waals surface area (Å²) in [6.45, 7) is 4.12. The topological polar surface area (TPSA) is 99.2 Å². The van der Waals surface area contributed by atoms with Crippen LogP contribution in [0.4, 0.5) is 4.79 Å². The second-order valence-corrected chi connectivity index (χ2v) is 8.78. The van der Waals surface area contributed by atoms with Gasteiger partial charge in [-0.15, -0.1) is 0 Å². The van der Waals surface area contributed by atoms with Crippen LogP contribution in [0.25, 0.3) is 11.1 Å². The fourth-order valence-corrected chi connectivity index (χ4v) is 4.88. The van der Waals surface area contributed by atoms with Crippen LogP contribution in [-0.4, -0.2) is 78.2 Å². The van der Waals surface area contributed by atoms with Gasteiger partial charge in [0.2, 0.25) is 5.91 Å². The van der Waals surface area contributed by atoms with Crippen molar-refractivity contribution < 1.29 is 24.2 Å². The first-order valence-electron chi connectivity index (χ1n) is 11.8. The lowest BCUT2D eigenvalue weighted by Crippen LogP contribution is -2.49. The summed E-state index contributed by atoms with van der Waals surface area (Å²) in [5, 5.41) is 11.8. The van der Waals surface area contributed by atoms with E-state index in [0.29, 0.717) is 39.0 Å². The van der Waals surface area contributed by atoms with Crippen molar-refractivity contribution in [3.8, 4) is 11.1 Å². The second kappa shape index (κ2) is 10.7. The molecule has 4 rings (SSSR count). The van der Waals surface area contributed by atoms with Crippen molar-refractivity contribution in [2.75, 3.05) is 39.3 Å². The number of alkyl carbamates (subject to hydrolysis) is 1. The highest BCUT2D eigenvalue weighted by Gasteiger charge is 2.30. The van der Waals surface area contributed by atoms with Gasteiger partial charge in [0.15, 0.2) is 0 Å². The van der Waals surface area contributed by atoms with E-state index >= 15 is 0 Å². The van der Waals surface area contributed by atoms with Crippen molar-refractivity contribution in [3.63, 3.8) is 0 Å². The maximum atomic E-state index is 13.1. The van der Waals surface area contributed by atoms with Crippen LogP contribution in [0.5, 0.6) is 0 Å². The molecule has 0 aromatic heterocycles. The molecule has 0 spiro atoms. The average Bonchev–Trinajstić information content (AvgIpc) is 2.97.